The lowest BCUT2D eigenvalue weighted by Gasteiger charge is -2.10. The zero-order valence-corrected chi connectivity index (χ0v) is 10.6. The molecule has 1 aromatic carbocycles. The highest BCUT2D eigenvalue weighted by Crippen LogP contribution is 2.33. The first-order chi connectivity index (χ1) is 8.22. The first-order valence-electron chi connectivity index (χ1n) is 5.81. The SMILES string of the molecule is CNCC(=O)c1cccc(OCC2CC2)c1Cl. The Balaban J connectivity index is 2.10. The third-order valence-corrected chi connectivity index (χ3v) is 3.16. The first kappa shape index (κ1) is 12.4. The van der Waals surface area contributed by atoms with Crippen molar-refractivity contribution >= 4 is 17.4 Å². The van der Waals surface area contributed by atoms with Crippen molar-refractivity contribution in [1.82, 2.24) is 5.32 Å². The number of halogens is 1. The number of hydrogen-bond acceptors (Lipinski definition) is 3. The molecule has 1 aliphatic rings. The van der Waals surface area contributed by atoms with Crippen molar-refractivity contribution in [2.45, 2.75) is 12.8 Å². The van der Waals surface area contributed by atoms with Crippen LogP contribution >= 0.6 is 11.6 Å². The van der Waals surface area contributed by atoms with Crippen LogP contribution < -0.4 is 10.1 Å². The standard InChI is InChI=1S/C13H16ClNO2/c1-15-7-11(16)10-3-2-4-12(13(10)14)17-8-9-5-6-9/h2-4,9,15H,5-8H2,1H3. The minimum Gasteiger partial charge on any atom is -0.492 e. The Morgan fingerprint density at radius 3 is 2.94 bits per heavy atom. The number of Topliss-reactive ketones (excluding diaryl/α,β-unsaturated/α-hetero) is 1. The van der Waals surface area contributed by atoms with Crippen LogP contribution in [0.5, 0.6) is 5.75 Å². The average Bonchev–Trinajstić information content (AvgIpc) is 3.12. The van der Waals surface area contributed by atoms with Gasteiger partial charge in [-0.05, 0) is 37.9 Å². The van der Waals surface area contributed by atoms with Crippen LogP contribution in [0.3, 0.4) is 0 Å². The molecule has 0 aliphatic heterocycles. The van der Waals surface area contributed by atoms with Gasteiger partial charge in [0.2, 0.25) is 0 Å². The van der Waals surface area contributed by atoms with Gasteiger partial charge < -0.3 is 10.1 Å². The molecule has 1 aromatic rings. The number of benzene rings is 1. The van der Waals surface area contributed by atoms with Crippen LogP contribution in [0.2, 0.25) is 5.02 Å². The van der Waals surface area contributed by atoms with Crippen LogP contribution in [0.25, 0.3) is 0 Å². The van der Waals surface area contributed by atoms with Crippen LogP contribution in [0.15, 0.2) is 18.2 Å². The van der Waals surface area contributed by atoms with Crippen molar-refractivity contribution < 1.29 is 9.53 Å². The molecule has 1 aliphatic carbocycles. The molecule has 17 heavy (non-hydrogen) atoms. The van der Waals surface area contributed by atoms with Gasteiger partial charge in [-0.25, -0.2) is 0 Å². The van der Waals surface area contributed by atoms with Gasteiger partial charge in [-0.2, -0.15) is 0 Å². The lowest BCUT2D eigenvalue weighted by Crippen LogP contribution is -2.19. The third kappa shape index (κ3) is 3.20. The number of ether oxygens (including phenoxy) is 1. The Bertz CT molecular complexity index is 416. The van der Waals surface area contributed by atoms with Gasteiger partial charge in [0, 0.05) is 5.56 Å². The first-order valence-corrected chi connectivity index (χ1v) is 6.19. The van der Waals surface area contributed by atoms with Gasteiger partial charge in [-0.15, -0.1) is 0 Å². The van der Waals surface area contributed by atoms with E-state index in [1.54, 1.807) is 25.2 Å². The molecule has 1 N–H and O–H groups in total. The summed E-state index contributed by atoms with van der Waals surface area (Å²) >= 11 is 6.17. The summed E-state index contributed by atoms with van der Waals surface area (Å²) in [6.07, 6.45) is 2.46. The van der Waals surface area contributed by atoms with E-state index in [1.807, 2.05) is 0 Å². The van der Waals surface area contributed by atoms with E-state index in [9.17, 15) is 4.79 Å². The molecule has 2 rings (SSSR count). The van der Waals surface area contributed by atoms with E-state index in [2.05, 4.69) is 5.32 Å². The number of likely N-dealkylation sites (N-methyl/N-ethyl adjacent to an activating group) is 1. The Morgan fingerprint density at radius 1 is 1.53 bits per heavy atom. The van der Waals surface area contributed by atoms with Crippen LogP contribution in [0.1, 0.15) is 23.2 Å². The lowest BCUT2D eigenvalue weighted by molar-refractivity contribution is 0.0993. The maximum Gasteiger partial charge on any atom is 0.178 e. The number of ketones is 1. The number of carbonyl (C=O) groups excluding carboxylic acids is 1. The van der Waals surface area contributed by atoms with Crippen LogP contribution in [-0.2, 0) is 0 Å². The molecule has 92 valence electrons. The molecule has 0 saturated heterocycles. The van der Waals surface area contributed by atoms with Gasteiger partial charge in [0.25, 0.3) is 0 Å². The van der Waals surface area contributed by atoms with Crippen LogP contribution in [0, 0.1) is 5.92 Å². The summed E-state index contributed by atoms with van der Waals surface area (Å²) in [5, 5.41) is 3.25. The monoisotopic (exact) mass is 253 g/mol. The van der Waals surface area contributed by atoms with Crippen molar-refractivity contribution in [1.29, 1.82) is 0 Å². The Labute approximate surface area is 106 Å². The minimum absolute atomic E-state index is 0.0191. The van der Waals surface area contributed by atoms with Crippen LogP contribution in [-0.4, -0.2) is 26.0 Å². The largest absolute Gasteiger partial charge is 0.492 e. The molecule has 1 saturated carbocycles. The molecule has 0 unspecified atom stereocenters. The second kappa shape index (κ2) is 5.52. The highest BCUT2D eigenvalue weighted by Gasteiger charge is 2.23. The minimum atomic E-state index is -0.0191. The quantitative estimate of drug-likeness (QED) is 0.792. The van der Waals surface area contributed by atoms with E-state index in [-0.39, 0.29) is 12.3 Å². The molecule has 4 heteroatoms. The molecule has 0 atom stereocenters. The second-order valence-corrected chi connectivity index (χ2v) is 4.70. The zero-order chi connectivity index (χ0) is 12.3. The summed E-state index contributed by atoms with van der Waals surface area (Å²) in [4.78, 5) is 11.8. The van der Waals surface area contributed by atoms with Crippen molar-refractivity contribution in [3.63, 3.8) is 0 Å². The Hall–Kier alpha value is -1.06. The van der Waals surface area contributed by atoms with Crippen molar-refractivity contribution in [3.8, 4) is 5.75 Å². The van der Waals surface area contributed by atoms with Gasteiger partial charge >= 0.3 is 0 Å². The van der Waals surface area contributed by atoms with Crippen molar-refractivity contribution in [3.05, 3.63) is 28.8 Å². The van der Waals surface area contributed by atoms with Gasteiger partial charge in [0.05, 0.1) is 18.2 Å². The van der Waals surface area contributed by atoms with Gasteiger partial charge in [-0.1, -0.05) is 17.7 Å². The molecule has 0 heterocycles. The lowest BCUT2D eigenvalue weighted by atomic mass is 10.1. The molecule has 3 nitrogen and oxygen atoms in total. The van der Waals surface area contributed by atoms with Gasteiger partial charge in [-0.3, -0.25) is 4.79 Å². The fourth-order valence-electron chi connectivity index (χ4n) is 1.59. The normalized spacial score (nSPS) is 14.7. The number of hydrogen-bond donors (Lipinski definition) is 1. The topological polar surface area (TPSA) is 38.3 Å². The summed E-state index contributed by atoms with van der Waals surface area (Å²) in [6, 6.07) is 5.34. The number of carbonyl (C=O) groups is 1. The second-order valence-electron chi connectivity index (χ2n) is 4.33. The summed E-state index contributed by atoms with van der Waals surface area (Å²) < 4.78 is 5.63. The molecule has 0 amide bonds. The summed E-state index contributed by atoms with van der Waals surface area (Å²) in [7, 11) is 1.74. The van der Waals surface area contributed by atoms with Crippen molar-refractivity contribution in [2.24, 2.45) is 5.92 Å². The highest BCUT2D eigenvalue weighted by molar-refractivity contribution is 6.35. The number of nitrogens with one attached hydrogen (secondary N) is 1. The fourth-order valence-corrected chi connectivity index (χ4v) is 1.87. The third-order valence-electron chi connectivity index (χ3n) is 2.77. The fraction of sp³-hybridized carbons (Fsp3) is 0.462. The molecular weight excluding hydrogens is 238 g/mol. The van der Waals surface area contributed by atoms with E-state index in [4.69, 9.17) is 16.3 Å². The van der Waals surface area contributed by atoms with E-state index in [0.717, 1.165) is 0 Å². The van der Waals surface area contributed by atoms with Crippen molar-refractivity contribution in [2.75, 3.05) is 20.2 Å². The predicted octanol–water partition coefficient (Wildman–Crippen LogP) is 2.53. The molecule has 0 radical (unpaired) electrons. The molecule has 1 fully saturated rings. The molecule has 0 bridgehead atoms. The van der Waals surface area contributed by atoms with Gasteiger partial charge in [0.1, 0.15) is 5.75 Å². The van der Waals surface area contributed by atoms with E-state index < -0.39 is 0 Å². The molecular formula is C13H16ClNO2. The highest BCUT2D eigenvalue weighted by atomic mass is 35.5. The van der Waals surface area contributed by atoms with E-state index in [1.165, 1.54) is 12.8 Å². The van der Waals surface area contributed by atoms with E-state index in [0.29, 0.717) is 28.9 Å². The van der Waals surface area contributed by atoms with Crippen LogP contribution in [0.4, 0.5) is 0 Å². The molecule has 0 spiro atoms. The maximum absolute atomic E-state index is 11.8. The Kier molecular flexibility index (Phi) is 4.02. The summed E-state index contributed by atoms with van der Waals surface area (Å²) in [6.45, 7) is 0.981. The van der Waals surface area contributed by atoms with E-state index >= 15 is 0 Å². The summed E-state index contributed by atoms with van der Waals surface area (Å²) in [5.74, 6) is 1.26. The Morgan fingerprint density at radius 2 is 2.29 bits per heavy atom. The maximum atomic E-state index is 11.8. The van der Waals surface area contributed by atoms with Gasteiger partial charge in [0.15, 0.2) is 5.78 Å². The summed E-state index contributed by atoms with van der Waals surface area (Å²) in [5.41, 5.74) is 0.523. The zero-order valence-electron chi connectivity index (χ0n) is 9.83. The number of rotatable bonds is 6. The molecule has 0 aromatic heterocycles. The predicted molar refractivity (Wildman–Crippen MR) is 67.9 cm³/mol. The smallest absolute Gasteiger partial charge is 0.178 e. The average molecular weight is 254 g/mol.